The molecule has 0 aliphatic heterocycles. The molecule has 2 aromatic heterocycles. The molecule has 0 aliphatic carbocycles. The molecule has 1 aromatic carbocycles. The van der Waals surface area contributed by atoms with Crippen LogP contribution in [0.25, 0.3) is 11.0 Å². The molecule has 0 bridgehead atoms. The molecule has 102 valence electrons. The van der Waals surface area contributed by atoms with E-state index in [0.717, 1.165) is 28.0 Å². The van der Waals surface area contributed by atoms with Crippen LogP contribution in [0.3, 0.4) is 0 Å². The third kappa shape index (κ3) is 2.21. The largest absolute Gasteiger partial charge is 0.459 e. The molecule has 3 aromatic rings. The Balaban J connectivity index is 2.10. The second-order valence-corrected chi connectivity index (χ2v) is 5.09. The summed E-state index contributed by atoms with van der Waals surface area (Å²) >= 11 is 0. The molecular formula is C17H18N2O. The molecule has 3 heteroatoms. The standard InChI is InChI=1S/C17H18N2O/c1-11-6-7-15-13(9-11)10-16(20-15)17(18-3)14-5-4-8-19-12(14)2/h4-10,17-18H,1-3H3. The van der Waals surface area contributed by atoms with Gasteiger partial charge in [0, 0.05) is 17.3 Å². The maximum atomic E-state index is 6.00. The van der Waals surface area contributed by atoms with Crippen LogP contribution in [0.1, 0.15) is 28.6 Å². The number of furan rings is 1. The summed E-state index contributed by atoms with van der Waals surface area (Å²) in [7, 11) is 1.94. The zero-order valence-corrected chi connectivity index (χ0v) is 12.0. The molecule has 0 aliphatic rings. The summed E-state index contributed by atoms with van der Waals surface area (Å²) in [6, 6.07) is 12.4. The van der Waals surface area contributed by atoms with E-state index >= 15 is 0 Å². The summed E-state index contributed by atoms with van der Waals surface area (Å²) in [6.45, 7) is 4.11. The van der Waals surface area contributed by atoms with E-state index in [-0.39, 0.29) is 6.04 Å². The van der Waals surface area contributed by atoms with Crippen LogP contribution >= 0.6 is 0 Å². The van der Waals surface area contributed by atoms with Gasteiger partial charge in [0.05, 0.1) is 6.04 Å². The number of hydrogen-bond donors (Lipinski definition) is 1. The molecule has 0 spiro atoms. The van der Waals surface area contributed by atoms with Crippen LogP contribution in [0.4, 0.5) is 0 Å². The van der Waals surface area contributed by atoms with Crippen LogP contribution in [-0.2, 0) is 0 Å². The number of benzene rings is 1. The number of nitrogens with zero attached hydrogens (tertiary/aromatic N) is 1. The lowest BCUT2D eigenvalue weighted by Gasteiger charge is -2.15. The number of aromatic nitrogens is 1. The first-order chi connectivity index (χ1) is 9.69. The molecule has 1 atom stereocenters. The Hall–Kier alpha value is -2.13. The summed E-state index contributed by atoms with van der Waals surface area (Å²) in [4.78, 5) is 4.36. The van der Waals surface area contributed by atoms with Crippen molar-refractivity contribution in [2.45, 2.75) is 19.9 Å². The summed E-state index contributed by atoms with van der Waals surface area (Å²) < 4.78 is 6.00. The van der Waals surface area contributed by atoms with Crippen molar-refractivity contribution in [3.05, 3.63) is 65.2 Å². The van der Waals surface area contributed by atoms with E-state index in [1.807, 2.05) is 32.3 Å². The van der Waals surface area contributed by atoms with Gasteiger partial charge in [-0.1, -0.05) is 17.7 Å². The van der Waals surface area contributed by atoms with Crippen molar-refractivity contribution in [2.75, 3.05) is 7.05 Å². The number of aryl methyl sites for hydroxylation is 2. The van der Waals surface area contributed by atoms with Crippen molar-refractivity contribution in [1.82, 2.24) is 10.3 Å². The van der Waals surface area contributed by atoms with Crippen LogP contribution < -0.4 is 5.32 Å². The van der Waals surface area contributed by atoms with E-state index in [1.165, 1.54) is 5.56 Å². The Morgan fingerprint density at radius 3 is 2.75 bits per heavy atom. The lowest BCUT2D eigenvalue weighted by Crippen LogP contribution is -2.18. The van der Waals surface area contributed by atoms with Gasteiger partial charge >= 0.3 is 0 Å². The smallest absolute Gasteiger partial charge is 0.134 e. The molecule has 0 saturated heterocycles. The van der Waals surface area contributed by atoms with Gasteiger partial charge < -0.3 is 9.73 Å². The molecular weight excluding hydrogens is 248 g/mol. The minimum absolute atomic E-state index is 0.0245. The van der Waals surface area contributed by atoms with Gasteiger partial charge in [0.1, 0.15) is 11.3 Å². The summed E-state index contributed by atoms with van der Waals surface area (Å²) in [5.41, 5.74) is 4.32. The summed E-state index contributed by atoms with van der Waals surface area (Å²) in [5, 5.41) is 4.46. The first kappa shape index (κ1) is 12.9. The first-order valence-electron chi connectivity index (χ1n) is 6.78. The molecule has 0 radical (unpaired) electrons. The number of pyridine rings is 1. The summed E-state index contributed by atoms with van der Waals surface area (Å²) in [6.07, 6.45) is 1.81. The van der Waals surface area contributed by atoms with Crippen molar-refractivity contribution >= 4 is 11.0 Å². The molecule has 3 nitrogen and oxygen atoms in total. The fraction of sp³-hybridized carbons (Fsp3) is 0.235. The minimum atomic E-state index is 0.0245. The Bertz CT molecular complexity index is 746. The second kappa shape index (κ2) is 5.10. The number of rotatable bonds is 3. The molecule has 2 heterocycles. The Kier molecular flexibility index (Phi) is 3.28. The monoisotopic (exact) mass is 266 g/mol. The van der Waals surface area contributed by atoms with Crippen molar-refractivity contribution < 1.29 is 4.42 Å². The normalized spacial score (nSPS) is 12.8. The van der Waals surface area contributed by atoms with Gasteiger partial charge in [0.25, 0.3) is 0 Å². The van der Waals surface area contributed by atoms with E-state index in [0.29, 0.717) is 0 Å². The van der Waals surface area contributed by atoms with Crippen molar-refractivity contribution in [3.63, 3.8) is 0 Å². The van der Waals surface area contributed by atoms with E-state index < -0.39 is 0 Å². The molecule has 0 amide bonds. The average Bonchev–Trinajstić information content (AvgIpc) is 2.84. The van der Waals surface area contributed by atoms with Crippen molar-refractivity contribution in [1.29, 1.82) is 0 Å². The lowest BCUT2D eigenvalue weighted by molar-refractivity contribution is 0.489. The number of fused-ring (bicyclic) bond motifs is 1. The Morgan fingerprint density at radius 1 is 1.15 bits per heavy atom. The van der Waals surface area contributed by atoms with Gasteiger partial charge in [-0.15, -0.1) is 0 Å². The highest BCUT2D eigenvalue weighted by Crippen LogP contribution is 2.29. The van der Waals surface area contributed by atoms with Crippen molar-refractivity contribution in [3.8, 4) is 0 Å². The van der Waals surface area contributed by atoms with Crippen LogP contribution in [0.2, 0.25) is 0 Å². The van der Waals surface area contributed by atoms with E-state index in [1.54, 1.807) is 0 Å². The van der Waals surface area contributed by atoms with Gasteiger partial charge in [0.2, 0.25) is 0 Å². The van der Waals surface area contributed by atoms with Gasteiger partial charge in [-0.25, -0.2) is 0 Å². The van der Waals surface area contributed by atoms with Crippen LogP contribution in [0, 0.1) is 13.8 Å². The molecule has 0 saturated carbocycles. The highest BCUT2D eigenvalue weighted by Gasteiger charge is 2.18. The second-order valence-electron chi connectivity index (χ2n) is 5.09. The molecule has 1 unspecified atom stereocenters. The maximum absolute atomic E-state index is 6.00. The predicted molar refractivity (Wildman–Crippen MR) is 80.8 cm³/mol. The quantitative estimate of drug-likeness (QED) is 0.784. The third-order valence-electron chi connectivity index (χ3n) is 3.62. The fourth-order valence-electron chi connectivity index (χ4n) is 2.58. The predicted octanol–water partition coefficient (Wildman–Crippen LogP) is 3.75. The van der Waals surface area contributed by atoms with Crippen molar-refractivity contribution in [2.24, 2.45) is 0 Å². The maximum Gasteiger partial charge on any atom is 0.134 e. The van der Waals surface area contributed by atoms with Gasteiger partial charge in [0.15, 0.2) is 0 Å². The van der Waals surface area contributed by atoms with Gasteiger partial charge in [-0.3, -0.25) is 4.98 Å². The topological polar surface area (TPSA) is 38.1 Å². The van der Waals surface area contributed by atoms with Gasteiger partial charge in [-0.05, 0) is 50.7 Å². The lowest BCUT2D eigenvalue weighted by atomic mass is 10.0. The summed E-state index contributed by atoms with van der Waals surface area (Å²) in [5.74, 6) is 0.921. The average molecular weight is 266 g/mol. The number of nitrogens with one attached hydrogen (secondary N) is 1. The van der Waals surface area contributed by atoms with E-state index in [2.05, 4.69) is 41.5 Å². The zero-order chi connectivity index (χ0) is 14.1. The minimum Gasteiger partial charge on any atom is -0.459 e. The van der Waals surface area contributed by atoms with Crippen LogP contribution in [0.15, 0.2) is 47.0 Å². The first-order valence-corrected chi connectivity index (χ1v) is 6.78. The van der Waals surface area contributed by atoms with Crippen LogP contribution in [0.5, 0.6) is 0 Å². The Labute approximate surface area is 118 Å². The van der Waals surface area contributed by atoms with Crippen LogP contribution in [-0.4, -0.2) is 12.0 Å². The Morgan fingerprint density at radius 2 is 2.00 bits per heavy atom. The molecule has 3 rings (SSSR count). The fourth-order valence-corrected chi connectivity index (χ4v) is 2.58. The third-order valence-corrected chi connectivity index (χ3v) is 3.62. The van der Waals surface area contributed by atoms with E-state index in [4.69, 9.17) is 4.42 Å². The number of hydrogen-bond acceptors (Lipinski definition) is 3. The molecule has 20 heavy (non-hydrogen) atoms. The zero-order valence-electron chi connectivity index (χ0n) is 12.0. The SMILES string of the molecule is CNC(c1cc2cc(C)ccc2o1)c1cccnc1C. The molecule has 0 fully saturated rings. The van der Waals surface area contributed by atoms with E-state index in [9.17, 15) is 0 Å². The highest BCUT2D eigenvalue weighted by atomic mass is 16.3. The highest BCUT2D eigenvalue weighted by molar-refractivity contribution is 5.79. The van der Waals surface area contributed by atoms with Gasteiger partial charge in [-0.2, -0.15) is 0 Å². The molecule has 1 N–H and O–H groups in total.